The molecule has 1 aromatic heterocycles. The summed E-state index contributed by atoms with van der Waals surface area (Å²) in [7, 11) is 0. The highest BCUT2D eigenvalue weighted by Crippen LogP contribution is 2.28. The van der Waals surface area contributed by atoms with E-state index in [1.165, 1.54) is 36.0 Å². The van der Waals surface area contributed by atoms with Crippen LogP contribution in [0.4, 0.5) is 5.69 Å². The molecule has 0 radical (unpaired) electrons. The minimum absolute atomic E-state index is 0.333. The molecule has 4 aromatic carbocycles. The van der Waals surface area contributed by atoms with Crippen LogP contribution in [0.15, 0.2) is 119 Å². The Morgan fingerprint density at radius 3 is 2.00 bits per heavy atom. The number of benzene rings is 4. The zero-order valence-electron chi connectivity index (χ0n) is 22.7. The molecule has 0 spiro atoms. The first kappa shape index (κ1) is 25.2. The van der Waals surface area contributed by atoms with Crippen molar-refractivity contribution >= 4 is 16.7 Å². The topological polar surface area (TPSA) is 28.7 Å². The maximum Gasteiger partial charge on any atom is 0.222 e. The molecule has 6 rings (SSSR count). The Hall–Kier alpha value is -4.11. The van der Waals surface area contributed by atoms with Crippen LogP contribution in [-0.2, 0) is 13.1 Å². The van der Waals surface area contributed by atoms with Crippen molar-refractivity contribution in [2.24, 2.45) is 4.99 Å². The Labute approximate surface area is 231 Å². The van der Waals surface area contributed by atoms with Crippen molar-refractivity contribution in [3.63, 3.8) is 0 Å². The van der Waals surface area contributed by atoms with Gasteiger partial charge in [-0.15, -0.1) is 0 Å². The van der Waals surface area contributed by atoms with Crippen LogP contribution in [0, 0.1) is 6.92 Å². The molecule has 0 N–H and O–H groups in total. The van der Waals surface area contributed by atoms with Gasteiger partial charge in [0.15, 0.2) is 0 Å². The maximum absolute atomic E-state index is 6.68. The fourth-order valence-corrected chi connectivity index (χ4v) is 5.56. The van der Waals surface area contributed by atoms with Crippen LogP contribution in [0.2, 0.25) is 0 Å². The SMILES string of the molecule is Cc1ccc(-c2cc3ccc(N(Cc4ccccc4)Cc4ccccc4)cc3oc2=NC2CCCCC2)cc1. The van der Waals surface area contributed by atoms with Gasteiger partial charge < -0.3 is 9.32 Å². The second-order valence-electron chi connectivity index (χ2n) is 10.8. The summed E-state index contributed by atoms with van der Waals surface area (Å²) in [5, 5.41) is 1.09. The molecule has 0 amide bonds. The molecule has 5 aromatic rings. The van der Waals surface area contributed by atoms with Gasteiger partial charge in [-0.2, -0.15) is 0 Å². The lowest BCUT2D eigenvalue weighted by Crippen LogP contribution is -2.22. The average Bonchev–Trinajstić information content (AvgIpc) is 2.98. The number of hydrogen-bond acceptors (Lipinski definition) is 3. The van der Waals surface area contributed by atoms with Crippen LogP contribution in [0.25, 0.3) is 22.1 Å². The average molecular weight is 513 g/mol. The number of rotatable bonds is 7. The lowest BCUT2D eigenvalue weighted by atomic mass is 9.96. The highest BCUT2D eigenvalue weighted by molar-refractivity contribution is 5.84. The number of hydrogen-bond donors (Lipinski definition) is 0. The van der Waals surface area contributed by atoms with Crippen LogP contribution < -0.4 is 10.5 Å². The molecule has 0 unspecified atom stereocenters. The standard InChI is InChI=1S/C36H36N2O/c1-27-17-19-30(20-18-27)34-23-31-21-22-33(24-35(31)39-36(34)37-32-15-9-4-10-16-32)38(25-28-11-5-2-6-12-28)26-29-13-7-3-8-14-29/h2-3,5-8,11-14,17-24,32H,4,9-10,15-16,25-26H2,1H3. The zero-order chi connectivity index (χ0) is 26.4. The van der Waals surface area contributed by atoms with Gasteiger partial charge in [0.1, 0.15) is 5.58 Å². The van der Waals surface area contributed by atoms with E-state index >= 15 is 0 Å². The maximum atomic E-state index is 6.68. The van der Waals surface area contributed by atoms with Crippen molar-refractivity contribution in [2.75, 3.05) is 4.90 Å². The molecule has 196 valence electrons. The highest BCUT2D eigenvalue weighted by atomic mass is 16.3. The molecule has 1 heterocycles. The van der Waals surface area contributed by atoms with Gasteiger partial charge in [0.25, 0.3) is 0 Å². The van der Waals surface area contributed by atoms with Crippen LogP contribution >= 0.6 is 0 Å². The molecule has 0 atom stereocenters. The second-order valence-corrected chi connectivity index (χ2v) is 10.8. The Morgan fingerprint density at radius 1 is 0.718 bits per heavy atom. The summed E-state index contributed by atoms with van der Waals surface area (Å²) >= 11 is 0. The van der Waals surface area contributed by atoms with Gasteiger partial charge in [-0.05, 0) is 54.7 Å². The third kappa shape index (κ3) is 6.15. The smallest absolute Gasteiger partial charge is 0.222 e. The normalized spacial score (nSPS) is 14.5. The van der Waals surface area contributed by atoms with Gasteiger partial charge in [-0.1, -0.05) is 110 Å². The molecule has 0 bridgehead atoms. The highest BCUT2D eigenvalue weighted by Gasteiger charge is 2.15. The molecule has 1 saturated carbocycles. The van der Waals surface area contributed by atoms with Crippen molar-refractivity contribution in [1.29, 1.82) is 0 Å². The first-order valence-electron chi connectivity index (χ1n) is 14.2. The van der Waals surface area contributed by atoms with Gasteiger partial charge in [0.2, 0.25) is 5.55 Å². The predicted molar refractivity (Wildman–Crippen MR) is 162 cm³/mol. The Bertz CT molecular complexity index is 1540. The molecule has 1 aliphatic rings. The van der Waals surface area contributed by atoms with Crippen molar-refractivity contribution in [2.45, 2.75) is 58.2 Å². The molecule has 3 nitrogen and oxygen atoms in total. The number of anilines is 1. The largest absolute Gasteiger partial charge is 0.438 e. The predicted octanol–water partition coefficient (Wildman–Crippen LogP) is 8.85. The lowest BCUT2D eigenvalue weighted by Gasteiger charge is -2.25. The first-order chi connectivity index (χ1) is 19.2. The van der Waals surface area contributed by atoms with Crippen LogP contribution in [0.5, 0.6) is 0 Å². The first-order valence-corrected chi connectivity index (χ1v) is 14.2. The molecule has 3 heteroatoms. The summed E-state index contributed by atoms with van der Waals surface area (Å²) in [5.41, 5.74) is 8.83. The third-order valence-corrected chi connectivity index (χ3v) is 7.77. The monoisotopic (exact) mass is 512 g/mol. The van der Waals surface area contributed by atoms with Crippen LogP contribution in [0.3, 0.4) is 0 Å². The number of nitrogens with zero attached hydrogens (tertiary/aromatic N) is 2. The zero-order valence-corrected chi connectivity index (χ0v) is 22.7. The van der Waals surface area contributed by atoms with E-state index in [4.69, 9.17) is 9.41 Å². The summed E-state index contributed by atoms with van der Waals surface area (Å²) in [4.78, 5) is 7.62. The van der Waals surface area contributed by atoms with Crippen molar-refractivity contribution in [3.8, 4) is 11.1 Å². The summed E-state index contributed by atoms with van der Waals surface area (Å²) in [6, 6.07) is 39.2. The van der Waals surface area contributed by atoms with E-state index in [1.807, 2.05) is 0 Å². The van der Waals surface area contributed by atoms with E-state index in [0.717, 1.165) is 59.3 Å². The summed E-state index contributed by atoms with van der Waals surface area (Å²) in [6.07, 6.45) is 6.10. The van der Waals surface area contributed by atoms with E-state index in [9.17, 15) is 0 Å². The molecule has 39 heavy (non-hydrogen) atoms. The second kappa shape index (κ2) is 11.7. The molecule has 0 saturated heterocycles. The Balaban J connectivity index is 1.43. The Kier molecular flexibility index (Phi) is 7.58. The summed E-state index contributed by atoms with van der Waals surface area (Å²) in [6.45, 7) is 3.77. The van der Waals surface area contributed by atoms with E-state index < -0.39 is 0 Å². The van der Waals surface area contributed by atoms with Crippen LogP contribution in [-0.4, -0.2) is 6.04 Å². The van der Waals surface area contributed by atoms with Crippen molar-refractivity contribution in [3.05, 3.63) is 131 Å². The Morgan fingerprint density at radius 2 is 1.36 bits per heavy atom. The number of fused-ring (bicyclic) bond motifs is 1. The summed E-state index contributed by atoms with van der Waals surface area (Å²) in [5.74, 6) is 0. The number of aryl methyl sites for hydroxylation is 1. The fraction of sp³-hybridized carbons (Fsp3) is 0.250. The van der Waals surface area contributed by atoms with E-state index in [2.05, 4.69) is 121 Å². The molecule has 0 aliphatic heterocycles. The molecular formula is C36H36N2O. The minimum Gasteiger partial charge on any atom is -0.438 e. The minimum atomic E-state index is 0.333. The van der Waals surface area contributed by atoms with Gasteiger partial charge in [-0.3, -0.25) is 0 Å². The molecular weight excluding hydrogens is 476 g/mol. The van der Waals surface area contributed by atoms with Gasteiger partial charge >= 0.3 is 0 Å². The van der Waals surface area contributed by atoms with Gasteiger partial charge in [-0.25, -0.2) is 4.99 Å². The van der Waals surface area contributed by atoms with Crippen molar-refractivity contribution < 1.29 is 4.42 Å². The quantitative estimate of drug-likeness (QED) is 0.218. The van der Waals surface area contributed by atoms with E-state index in [0.29, 0.717) is 6.04 Å². The van der Waals surface area contributed by atoms with E-state index in [1.54, 1.807) is 0 Å². The molecule has 1 aliphatic carbocycles. The van der Waals surface area contributed by atoms with Gasteiger partial charge in [0.05, 0.1) is 6.04 Å². The van der Waals surface area contributed by atoms with Gasteiger partial charge in [0, 0.05) is 35.8 Å². The summed E-state index contributed by atoms with van der Waals surface area (Å²) < 4.78 is 6.68. The fourth-order valence-electron chi connectivity index (χ4n) is 5.56. The molecule has 1 fully saturated rings. The van der Waals surface area contributed by atoms with E-state index in [-0.39, 0.29) is 0 Å². The third-order valence-electron chi connectivity index (χ3n) is 7.77. The lowest BCUT2D eigenvalue weighted by molar-refractivity contribution is 0.418. The van der Waals surface area contributed by atoms with Crippen molar-refractivity contribution in [1.82, 2.24) is 0 Å². The van der Waals surface area contributed by atoms with Crippen LogP contribution in [0.1, 0.15) is 48.8 Å².